The fraction of sp³-hybridized carbons (Fsp3) is 0.769. The number of hydrogen-bond donors (Lipinski definition) is 1. The molecule has 1 N–H and O–H groups in total. The Morgan fingerprint density at radius 1 is 1.53 bits per heavy atom. The highest BCUT2D eigenvalue weighted by atomic mass is 16.5. The van der Waals surface area contributed by atoms with Gasteiger partial charge in [-0.25, -0.2) is 0 Å². The minimum atomic E-state index is 0.170. The summed E-state index contributed by atoms with van der Waals surface area (Å²) in [4.78, 5) is 0. The Morgan fingerprint density at radius 2 is 2.29 bits per heavy atom. The van der Waals surface area contributed by atoms with Crippen molar-refractivity contribution in [2.75, 3.05) is 6.61 Å². The summed E-state index contributed by atoms with van der Waals surface area (Å²) < 4.78 is 11.1. The molecule has 1 aliphatic carbocycles. The van der Waals surface area contributed by atoms with Crippen LogP contribution in [0.4, 0.5) is 0 Å². The molecule has 96 valence electrons. The SMILES string of the molecule is Cc1noc(C2CC2)c1CO[C@@H](C)CCCO. The topological polar surface area (TPSA) is 55.5 Å². The van der Waals surface area contributed by atoms with Gasteiger partial charge in [0.15, 0.2) is 0 Å². The smallest absolute Gasteiger partial charge is 0.145 e. The van der Waals surface area contributed by atoms with Crippen LogP contribution in [0.15, 0.2) is 4.52 Å². The average Bonchev–Trinajstić information content (AvgIpc) is 3.09. The van der Waals surface area contributed by atoms with Crippen LogP contribution in [-0.2, 0) is 11.3 Å². The summed E-state index contributed by atoms with van der Waals surface area (Å²) in [5.74, 6) is 1.60. The van der Waals surface area contributed by atoms with Crippen molar-refractivity contribution in [1.29, 1.82) is 0 Å². The van der Waals surface area contributed by atoms with Crippen LogP contribution in [0.3, 0.4) is 0 Å². The molecule has 0 unspecified atom stereocenters. The van der Waals surface area contributed by atoms with Gasteiger partial charge in [-0.05, 0) is 39.5 Å². The van der Waals surface area contributed by atoms with Crippen LogP contribution >= 0.6 is 0 Å². The molecule has 4 heteroatoms. The number of rotatable bonds is 7. The van der Waals surface area contributed by atoms with E-state index in [0.717, 1.165) is 29.9 Å². The van der Waals surface area contributed by atoms with Crippen molar-refractivity contribution >= 4 is 0 Å². The van der Waals surface area contributed by atoms with Gasteiger partial charge in [-0.2, -0.15) is 0 Å². The molecule has 0 radical (unpaired) electrons. The van der Waals surface area contributed by atoms with E-state index < -0.39 is 0 Å². The molecule has 1 atom stereocenters. The average molecular weight is 239 g/mol. The van der Waals surface area contributed by atoms with Gasteiger partial charge in [-0.15, -0.1) is 0 Å². The van der Waals surface area contributed by atoms with E-state index in [0.29, 0.717) is 12.5 Å². The second-order valence-corrected chi connectivity index (χ2v) is 4.87. The summed E-state index contributed by atoms with van der Waals surface area (Å²) in [5.41, 5.74) is 2.07. The van der Waals surface area contributed by atoms with Crippen LogP contribution in [0.2, 0.25) is 0 Å². The maximum absolute atomic E-state index is 8.76. The Labute approximate surface area is 102 Å². The van der Waals surface area contributed by atoms with Crippen molar-refractivity contribution in [3.05, 3.63) is 17.0 Å². The lowest BCUT2D eigenvalue weighted by molar-refractivity contribution is 0.0421. The first-order chi connectivity index (χ1) is 8.22. The number of aromatic nitrogens is 1. The highest BCUT2D eigenvalue weighted by Crippen LogP contribution is 2.42. The first kappa shape index (κ1) is 12.6. The third-order valence-electron chi connectivity index (χ3n) is 3.24. The van der Waals surface area contributed by atoms with Gasteiger partial charge < -0.3 is 14.4 Å². The van der Waals surface area contributed by atoms with E-state index in [1.54, 1.807) is 0 Å². The van der Waals surface area contributed by atoms with E-state index >= 15 is 0 Å². The fourth-order valence-corrected chi connectivity index (χ4v) is 1.94. The van der Waals surface area contributed by atoms with Crippen molar-refractivity contribution in [2.24, 2.45) is 0 Å². The number of aliphatic hydroxyl groups is 1. The molecule has 0 saturated heterocycles. The third-order valence-corrected chi connectivity index (χ3v) is 3.24. The maximum atomic E-state index is 8.76. The summed E-state index contributed by atoms with van der Waals surface area (Å²) in [6.07, 6.45) is 4.27. The molecule has 2 rings (SSSR count). The van der Waals surface area contributed by atoms with Gasteiger partial charge in [0.05, 0.1) is 18.4 Å². The molecular formula is C13H21NO3. The summed E-state index contributed by atoms with van der Waals surface area (Å²) in [7, 11) is 0. The van der Waals surface area contributed by atoms with Crippen LogP contribution in [0.1, 0.15) is 55.5 Å². The van der Waals surface area contributed by atoms with Crippen LogP contribution in [0.25, 0.3) is 0 Å². The van der Waals surface area contributed by atoms with Gasteiger partial charge in [0.1, 0.15) is 5.76 Å². The Hall–Kier alpha value is -0.870. The molecular weight excluding hydrogens is 218 g/mol. The molecule has 1 aromatic heterocycles. The minimum Gasteiger partial charge on any atom is -0.396 e. The lowest BCUT2D eigenvalue weighted by Gasteiger charge is -2.12. The third kappa shape index (κ3) is 3.30. The Bertz CT molecular complexity index is 358. The minimum absolute atomic E-state index is 0.170. The standard InChI is InChI=1S/C13H21NO3/c1-9(4-3-7-15)16-8-12-10(2)14-17-13(12)11-5-6-11/h9,11,15H,3-8H2,1-2H3/t9-/m0/s1. The molecule has 1 aromatic rings. The molecule has 1 fully saturated rings. The zero-order valence-electron chi connectivity index (χ0n) is 10.6. The van der Waals surface area contributed by atoms with Crippen molar-refractivity contribution in [3.63, 3.8) is 0 Å². The van der Waals surface area contributed by atoms with Crippen molar-refractivity contribution in [1.82, 2.24) is 5.16 Å². The summed E-state index contributed by atoms with van der Waals surface area (Å²) in [5, 5.41) is 12.8. The van der Waals surface area contributed by atoms with Crippen LogP contribution in [-0.4, -0.2) is 23.0 Å². The second kappa shape index (κ2) is 5.65. The first-order valence-electron chi connectivity index (χ1n) is 6.40. The Morgan fingerprint density at radius 3 is 2.94 bits per heavy atom. The van der Waals surface area contributed by atoms with Gasteiger partial charge in [0, 0.05) is 18.1 Å². The van der Waals surface area contributed by atoms with E-state index in [4.69, 9.17) is 14.4 Å². The predicted molar refractivity (Wildman–Crippen MR) is 63.8 cm³/mol. The number of aryl methyl sites for hydroxylation is 1. The summed E-state index contributed by atoms with van der Waals surface area (Å²) in [6.45, 7) is 4.81. The zero-order valence-corrected chi connectivity index (χ0v) is 10.6. The van der Waals surface area contributed by atoms with Crippen molar-refractivity contribution in [2.45, 2.75) is 58.2 Å². The largest absolute Gasteiger partial charge is 0.396 e. The van der Waals surface area contributed by atoms with Crippen molar-refractivity contribution in [3.8, 4) is 0 Å². The Balaban J connectivity index is 1.87. The maximum Gasteiger partial charge on any atom is 0.145 e. The molecule has 1 heterocycles. The van der Waals surface area contributed by atoms with Gasteiger partial charge in [-0.1, -0.05) is 5.16 Å². The fourth-order valence-electron chi connectivity index (χ4n) is 1.94. The van der Waals surface area contributed by atoms with Gasteiger partial charge in [0.2, 0.25) is 0 Å². The quantitative estimate of drug-likeness (QED) is 0.794. The molecule has 1 aliphatic rings. The van der Waals surface area contributed by atoms with Gasteiger partial charge in [-0.3, -0.25) is 0 Å². The molecule has 17 heavy (non-hydrogen) atoms. The van der Waals surface area contributed by atoms with Crippen molar-refractivity contribution < 1.29 is 14.4 Å². The van der Waals surface area contributed by atoms with Gasteiger partial charge in [0.25, 0.3) is 0 Å². The zero-order chi connectivity index (χ0) is 12.3. The first-order valence-corrected chi connectivity index (χ1v) is 6.40. The second-order valence-electron chi connectivity index (χ2n) is 4.87. The number of ether oxygens (including phenoxy) is 1. The molecule has 0 aliphatic heterocycles. The van der Waals surface area contributed by atoms with Crippen LogP contribution < -0.4 is 0 Å². The van der Waals surface area contributed by atoms with E-state index in [2.05, 4.69) is 5.16 Å². The summed E-state index contributed by atoms with van der Waals surface area (Å²) in [6, 6.07) is 0. The van der Waals surface area contributed by atoms with E-state index in [9.17, 15) is 0 Å². The van der Waals surface area contributed by atoms with Crippen LogP contribution in [0.5, 0.6) is 0 Å². The predicted octanol–water partition coefficient (Wildman–Crippen LogP) is 2.54. The lowest BCUT2D eigenvalue weighted by atomic mass is 10.1. The normalized spacial score (nSPS) is 17.4. The number of nitrogens with zero attached hydrogens (tertiary/aromatic N) is 1. The van der Waals surface area contributed by atoms with Crippen LogP contribution in [0, 0.1) is 6.92 Å². The molecule has 0 bridgehead atoms. The summed E-state index contributed by atoms with van der Waals surface area (Å²) >= 11 is 0. The van der Waals surface area contributed by atoms with E-state index in [1.807, 2.05) is 13.8 Å². The molecule has 1 saturated carbocycles. The number of aliphatic hydroxyl groups excluding tert-OH is 1. The molecule has 4 nitrogen and oxygen atoms in total. The van der Waals surface area contributed by atoms with E-state index in [1.165, 1.54) is 12.8 Å². The highest BCUT2D eigenvalue weighted by Gasteiger charge is 2.31. The Kier molecular flexibility index (Phi) is 4.18. The molecule has 0 amide bonds. The monoisotopic (exact) mass is 239 g/mol. The lowest BCUT2D eigenvalue weighted by Crippen LogP contribution is -2.09. The van der Waals surface area contributed by atoms with Gasteiger partial charge >= 0.3 is 0 Å². The highest BCUT2D eigenvalue weighted by molar-refractivity contribution is 5.26. The molecule has 0 spiro atoms. The van der Waals surface area contributed by atoms with E-state index in [-0.39, 0.29) is 12.7 Å². The molecule has 0 aromatic carbocycles. The number of hydrogen-bond acceptors (Lipinski definition) is 4.